The molecular weight excluding hydrogens is 254 g/mol. The van der Waals surface area contributed by atoms with E-state index < -0.39 is 5.97 Å². The summed E-state index contributed by atoms with van der Waals surface area (Å²) in [4.78, 5) is 11.3. The van der Waals surface area contributed by atoms with Crippen LogP contribution < -0.4 is 5.73 Å². The van der Waals surface area contributed by atoms with E-state index in [9.17, 15) is 9.90 Å². The van der Waals surface area contributed by atoms with Crippen molar-refractivity contribution in [1.29, 1.82) is 0 Å². The molecule has 0 unspecified atom stereocenters. The van der Waals surface area contributed by atoms with Crippen LogP contribution in [-0.4, -0.2) is 35.8 Å². The fourth-order valence-electron chi connectivity index (χ4n) is 1.13. The summed E-state index contributed by atoms with van der Waals surface area (Å²) >= 11 is 1.25. The number of carbonyl (C=O) groups is 1. The third kappa shape index (κ3) is 3.49. The number of amidine groups is 1. The van der Waals surface area contributed by atoms with Crippen LogP contribution >= 0.6 is 11.8 Å². The summed E-state index contributed by atoms with van der Waals surface area (Å²) in [6, 6.07) is 4.66. The molecule has 0 spiro atoms. The Morgan fingerprint density at radius 2 is 2.28 bits per heavy atom. The van der Waals surface area contributed by atoms with E-state index in [-0.39, 0.29) is 11.3 Å². The molecular formula is C11H13N3O3S. The summed E-state index contributed by atoms with van der Waals surface area (Å²) < 4.78 is 4.54. The second-order valence-corrected chi connectivity index (χ2v) is 3.95. The van der Waals surface area contributed by atoms with Gasteiger partial charge in [0.15, 0.2) is 5.17 Å². The van der Waals surface area contributed by atoms with Crippen molar-refractivity contribution in [3.05, 3.63) is 29.3 Å². The van der Waals surface area contributed by atoms with E-state index in [2.05, 4.69) is 14.9 Å². The molecule has 96 valence electrons. The maximum absolute atomic E-state index is 11.3. The summed E-state index contributed by atoms with van der Waals surface area (Å²) in [5.74, 6) is -0.819. The molecule has 0 aliphatic carbocycles. The van der Waals surface area contributed by atoms with E-state index in [0.717, 1.165) is 0 Å². The molecule has 0 amide bonds. The first-order chi connectivity index (χ1) is 8.60. The van der Waals surface area contributed by atoms with Crippen LogP contribution in [0.1, 0.15) is 15.9 Å². The van der Waals surface area contributed by atoms with Crippen LogP contribution in [0.4, 0.5) is 0 Å². The second kappa shape index (κ2) is 6.65. The summed E-state index contributed by atoms with van der Waals surface area (Å²) in [5, 5.41) is 17.5. The van der Waals surface area contributed by atoms with Gasteiger partial charge in [-0.25, -0.2) is 4.79 Å². The van der Waals surface area contributed by atoms with Crippen molar-refractivity contribution in [1.82, 2.24) is 0 Å². The van der Waals surface area contributed by atoms with E-state index >= 15 is 0 Å². The number of phenols is 1. The molecule has 1 aromatic carbocycles. The summed E-state index contributed by atoms with van der Waals surface area (Å²) in [6.07, 6.45) is 3.08. The number of phenolic OH excluding ortho intramolecular Hbond substituents is 1. The van der Waals surface area contributed by atoms with Crippen molar-refractivity contribution in [2.75, 3.05) is 13.4 Å². The molecule has 1 rings (SSSR count). The number of carbonyl (C=O) groups excluding carboxylic acids is 1. The number of nitrogens with two attached hydrogens (primary N) is 1. The highest BCUT2D eigenvalue weighted by atomic mass is 32.2. The smallest absolute Gasteiger partial charge is 0.341 e. The number of ether oxygens (including phenoxy) is 1. The third-order valence-electron chi connectivity index (χ3n) is 2.03. The molecule has 0 aliphatic heterocycles. The first kappa shape index (κ1) is 14.0. The molecule has 7 heteroatoms. The Balaban J connectivity index is 3.01. The van der Waals surface area contributed by atoms with Gasteiger partial charge in [-0.3, -0.25) is 0 Å². The number of para-hydroxylation sites is 1. The fraction of sp³-hybridized carbons (Fsp3) is 0.182. The number of thioether (sulfide) groups is 1. The fourth-order valence-corrected chi connectivity index (χ4v) is 1.26. The molecule has 0 aromatic heterocycles. The van der Waals surface area contributed by atoms with Gasteiger partial charge in [0.05, 0.1) is 13.3 Å². The standard InChI is InChI=1S/C11H13N3O3S/c1-17-10(16)8-5-3-4-7(9(8)15)6-13-14-11(12)18-2/h3-6,15H,1-2H3,(H2,12,14)/b13-6+. The third-order valence-corrected chi connectivity index (χ3v) is 2.53. The maximum Gasteiger partial charge on any atom is 0.341 e. The Hall–Kier alpha value is -2.02. The van der Waals surface area contributed by atoms with Gasteiger partial charge in [0.1, 0.15) is 11.3 Å². The average molecular weight is 267 g/mol. The molecule has 0 heterocycles. The largest absolute Gasteiger partial charge is 0.506 e. The van der Waals surface area contributed by atoms with Gasteiger partial charge in [-0.05, 0) is 18.4 Å². The van der Waals surface area contributed by atoms with Gasteiger partial charge < -0.3 is 15.6 Å². The minimum Gasteiger partial charge on any atom is -0.506 e. The lowest BCUT2D eigenvalue weighted by Gasteiger charge is -2.04. The Morgan fingerprint density at radius 3 is 2.89 bits per heavy atom. The highest BCUT2D eigenvalue weighted by Gasteiger charge is 2.13. The minimum atomic E-state index is -0.616. The van der Waals surface area contributed by atoms with E-state index in [0.29, 0.717) is 10.7 Å². The summed E-state index contributed by atoms with van der Waals surface area (Å²) in [6.45, 7) is 0. The molecule has 0 radical (unpaired) electrons. The monoisotopic (exact) mass is 267 g/mol. The van der Waals surface area contributed by atoms with Crippen LogP contribution in [0.25, 0.3) is 0 Å². The lowest BCUT2D eigenvalue weighted by atomic mass is 10.1. The van der Waals surface area contributed by atoms with E-state index in [1.165, 1.54) is 31.2 Å². The van der Waals surface area contributed by atoms with Gasteiger partial charge in [0.2, 0.25) is 0 Å². The summed E-state index contributed by atoms with van der Waals surface area (Å²) in [7, 11) is 1.24. The maximum atomic E-state index is 11.3. The Labute approximate surface area is 109 Å². The number of hydrogen-bond acceptors (Lipinski definition) is 6. The van der Waals surface area contributed by atoms with E-state index in [1.807, 2.05) is 0 Å². The van der Waals surface area contributed by atoms with Crippen molar-refractivity contribution < 1.29 is 14.6 Å². The van der Waals surface area contributed by atoms with E-state index in [1.54, 1.807) is 18.4 Å². The molecule has 0 atom stereocenters. The number of rotatable bonds is 3. The van der Waals surface area contributed by atoms with Gasteiger partial charge in [0.25, 0.3) is 0 Å². The SMILES string of the molecule is COC(=O)c1cccc(/C=N/N=C(/N)SC)c1O. The number of benzene rings is 1. The zero-order chi connectivity index (χ0) is 13.5. The van der Waals surface area contributed by atoms with E-state index in [4.69, 9.17) is 5.73 Å². The van der Waals surface area contributed by atoms with Crippen molar-refractivity contribution in [2.45, 2.75) is 0 Å². The molecule has 0 fully saturated rings. The topological polar surface area (TPSA) is 97.3 Å². The van der Waals surface area contributed by atoms with Crippen LogP contribution in [0.2, 0.25) is 0 Å². The number of esters is 1. The Kier molecular flexibility index (Phi) is 5.19. The van der Waals surface area contributed by atoms with Crippen LogP contribution in [0, 0.1) is 0 Å². The molecule has 6 nitrogen and oxygen atoms in total. The predicted molar refractivity (Wildman–Crippen MR) is 72.2 cm³/mol. The number of hydrogen-bond donors (Lipinski definition) is 2. The average Bonchev–Trinajstić information content (AvgIpc) is 2.39. The van der Waals surface area contributed by atoms with Crippen molar-refractivity contribution in [3.63, 3.8) is 0 Å². The first-order valence-corrected chi connectivity index (χ1v) is 6.13. The van der Waals surface area contributed by atoms with Crippen LogP contribution in [0.5, 0.6) is 5.75 Å². The Morgan fingerprint density at radius 1 is 1.56 bits per heavy atom. The molecule has 1 aromatic rings. The highest BCUT2D eigenvalue weighted by molar-refractivity contribution is 8.13. The highest BCUT2D eigenvalue weighted by Crippen LogP contribution is 2.21. The normalized spacial score (nSPS) is 11.8. The first-order valence-electron chi connectivity index (χ1n) is 4.91. The van der Waals surface area contributed by atoms with Gasteiger partial charge in [-0.2, -0.15) is 5.10 Å². The molecule has 0 bridgehead atoms. The van der Waals surface area contributed by atoms with Crippen LogP contribution in [-0.2, 0) is 4.74 Å². The second-order valence-electron chi connectivity index (χ2n) is 3.12. The quantitative estimate of drug-likeness (QED) is 0.371. The molecule has 0 saturated carbocycles. The minimum absolute atomic E-state index is 0.0725. The van der Waals surface area contributed by atoms with Gasteiger partial charge in [-0.1, -0.05) is 17.8 Å². The van der Waals surface area contributed by atoms with Crippen LogP contribution in [0.3, 0.4) is 0 Å². The Bertz CT molecular complexity index is 500. The van der Waals surface area contributed by atoms with Crippen LogP contribution in [0.15, 0.2) is 28.4 Å². The number of nitrogens with zero attached hydrogens (tertiary/aromatic N) is 2. The van der Waals surface area contributed by atoms with Crippen molar-refractivity contribution in [3.8, 4) is 5.75 Å². The molecule has 18 heavy (non-hydrogen) atoms. The lowest BCUT2D eigenvalue weighted by molar-refractivity contribution is 0.0597. The number of aromatic hydroxyl groups is 1. The molecule has 0 aliphatic rings. The zero-order valence-corrected chi connectivity index (χ0v) is 10.8. The molecule has 3 N–H and O–H groups in total. The lowest BCUT2D eigenvalue weighted by Crippen LogP contribution is -2.04. The zero-order valence-electron chi connectivity index (χ0n) is 9.95. The van der Waals surface area contributed by atoms with Gasteiger partial charge >= 0.3 is 5.97 Å². The van der Waals surface area contributed by atoms with Crippen molar-refractivity contribution >= 4 is 29.1 Å². The van der Waals surface area contributed by atoms with Gasteiger partial charge in [-0.15, -0.1) is 5.10 Å². The predicted octanol–water partition coefficient (Wildman–Crippen LogP) is 1.19. The van der Waals surface area contributed by atoms with Crippen molar-refractivity contribution in [2.24, 2.45) is 15.9 Å². The molecule has 0 saturated heterocycles. The number of methoxy groups -OCH3 is 1. The summed E-state index contributed by atoms with van der Waals surface area (Å²) in [5.41, 5.74) is 5.87. The van der Waals surface area contributed by atoms with Gasteiger partial charge in [0, 0.05) is 5.56 Å².